The van der Waals surface area contributed by atoms with Gasteiger partial charge < -0.3 is 30.6 Å². The average Bonchev–Trinajstić information content (AvgIpc) is 3.48. The molecule has 0 aliphatic heterocycles. The summed E-state index contributed by atoms with van der Waals surface area (Å²) in [5.41, 5.74) is 6.49. The molecule has 10 nitrogen and oxygen atoms in total. The molecule has 0 unspecified atom stereocenters. The molecule has 1 aliphatic carbocycles. The predicted octanol–water partition coefficient (Wildman–Crippen LogP) is 4.24. The lowest BCUT2D eigenvalue weighted by Gasteiger charge is -2.33. The molecule has 5 N–H and O–H groups in total. The Morgan fingerprint density at radius 2 is 1.83 bits per heavy atom. The first kappa shape index (κ1) is 32.8. The van der Waals surface area contributed by atoms with E-state index in [9.17, 15) is 19.5 Å². The molecule has 2 amide bonds. The van der Waals surface area contributed by atoms with Crippen LogP contribution in [0.4, 0.5) is 4.79 Å². The van der Waals surface area contributed by atoms with Crippen molar-refractivity contribution in [2.24, 2.45) is 23.5 Å². The van der Waals surface area contributed by atoms with Crippen LogP contribution in [0.3, 0.4) is 0 Å². The van der Waals surface area contributed by atoms with Crippen LogP contribution in [0.25, 0.3) is 0 Å². The monoisotopic (exact) mass is 582 g/mol. The molecule has 0 radical (unpaired) electrons. The Kier molecular flexibility index (Phi) is 13.1. The molecular formula is C32H46N4O6. The highest BCUT2D eigenvalue weighted by molar-refractivity contribution is 5.86. The van der Waals surface area contributed by atoms with Crippen molar-refractivity contribution >= 4 is 18.0 Å². The standard InChI is InChI=1S/C32H46N4O6/c1-4-24(21(2)3)17-27(37)26(15-22-11-7-5-8-12-22)36-30(38)28(18-25-19-34-20-35-25)41-31(39)29(42-32(33)40)16-23-13-9-6-10-14-23/h4,6,9-10,13-14,19-22,24,26-29,37H,1,5,7-8,11-12,15-18H2,2-3H3,(H2,33,40)(H,34,35)(H,36,38)/t24-,26-,27-,28-,29-/m0/s1. The Hall–Kier alpha value is -3.66. The number of nitrogens with zero attached hydrogens (tertiary/aromatic N) is 1. The van der Waals surface area contributed by atoms with Crippen molar-refractivity contribution in [1.82, 2.24) is 15.3 Å². The number of imidazole rings is 1. The number of hydrogen-bond donors (Lipinski definition) is 4. The third-order valence-electron chi connectivity index (χ3n) is 8.06. The molecule has 1 saturated carbocycles. The van der Waals surface area contributed by atoms with Gasteiger partial charge in [-0.3, -0.25) is 4.79 Å². The number of esters is 1. The van der Waals surface area contributed by atoms with Gasteiger partial charge >= 0.3 is 12.1 Å². The van der Waals surface area contributed by atoms with Crippen LogP contribution in [-0.4, -0.2) is 57.4 Å². The molecule has 230 valence electrons. The maximum absolute atomic E-state index is 13.8. The Balaban J connectivity index is 1.80. The number of H-pyrrole nitrogens is 1. The molecule has 3 rings (SSSR count). The van der Waals surface area contributed by atoms with Crippen LogP contribution < -0.4 is 11.1 Å². The fraction of sp³-hybridized carbons (Fsp3) is 0.562. The summed E-state index contributed by atoms with van der Waals surface area (Å²) >= 11 is 0. The van der Waals surface area contributed by atoms with Gasteiger partial charge in [0.25, 0.3) is 5.91 Å². The van der Waals surface area contributed by atoms with Crippen molar-refractivity contribution in [2.45, 2.75) is 96.0 Å². The Labute approximate surface area is 248 Å². The van der Waals surface area contributed by atoms with Gasteiger partial charge in [-0.2, -0.15) is 0 Å². The summed E-state index contributed by atoms with van der Waals surface area (Å²) < 4.78 is 10.8. The second-order valence-corrected chi connectivity index (χ2v) is 11.6. The van der Waals surface area contributed by atoms with Crippen LogP contribution in [0.5, 0.6) is 0 Å². The third kappa shape index (κ3) is 10.6. The van der Waals surface area contributed by atoms with E-state index in [4.69, 9.17) is 15.2 Å². The average molecular weight is 583 g/mol. The first-order valence-corrected chi connectivity index (χ1v) is 14.9. The lowest BCUT2D eigenvalue weighted by atomic mass is 9.81. The van der Waals surface area contributed by atoms with Crippen LogP contribution in [0.2, 0.25) is 0 Å². The summed E-state index contributed by atoms with van der Waals surface area (Å²) in [5, 5.41) is 14.4. The van der Waals surface area contributed by atoms with Gasteiger partial charge in [0.15, 0.2) is 6.10 Å². The van der Waals surface area contributed by atoms with E-state index in [1.807, 2.05) is 12.1 Å². The molecule has 0 bridgehead atoms. The van der Waals surface area contributed by atoms with E-state index < -0.39 is 42.3 Å². The van der Waals surface area contributed by atoms with E-state index in [1.165, 1.54) is 12.7 Å². The molecule has 10 heteroatoms. The first-order chi connectivity index (χ1) is 20.2. The second-order valence-electron chi connectivity index (χ2n) is 11.6. The van der Waals surface area contributed by atoms with Gasteiger partial charge in [-0.1, -0.05) is 82.4 Å². The number of aliphatic hydroxyl groups is 1. The number of ether oxygens (including phenoxy) is 2. The fourth-order valence-electron chi connectivity index (χ4n) is 5.59. The van der Waals surface area contributed by atoms with E-state index in [2.05, 4.69) is 35.7 Å². The number of carbonyl (C=O) groups is 3. The molecule has 5 atom stereocenters. The summed E-state index contributed by atoms with van der Waals surface area (Å²) in [5.74, 6) is -0.712. The van der Waals surface area contributed by atoms with Crippen molar-refractivity contribution < 1.29 is 29.0 Å². The van der Waals surface area contributed by atoms with Crippen LogP contribution in [0, 0.1) is 17.8 Å². The number of aromatic nitrogens is 2. The molecule has 1 aromatic carbocycles. The molecular weight excluding hydrogens is 536 g/mol. The minimum atomic E-state index is -1.34. The first-order valence-electron chi connectivity index (χ1n) is 14.9. The van der Waals surface area contributed by atoms with Gasteiger partial charge in [-0.25, -0.2) is 14.6 Å². The number of carbonyl (C=O) groups excluding carboxylic acids is 3. The lowest BCUT2D eigenvalue weighted by molar-refractivity contribution is -0.164. The van der Waals surface area contributed by atoms with Crippen LogP contribution >= 0.6 is 0 Å². The molecule has 1 aromatic heterocycles. The van der Waals surface area contributed by atoms with E-state index in [0.29, 0.717) is 24.5 Å². The van der Waals surface area contributed by atoms with Gasteiger partial charge in [0.2, 0.25) is 6.10 Å². The highest BCUT2D eigenvalue weighted by Crippen LogP contribution is 2.30. The topological polar surface area (TPSA) is 157 Å². The largest absolute Gasteiger partial charge is 0.449 e. The number of allylic oxidation sites excluding steroid dienone is 1. The minimum Gasteiger partial charge on any atom is -0.449 e. The fourth-order valence-corrected chi connectivity index (χ4v) is 5.59. The van der Waals surface area contributed by atoms with Crippen molar-refractivity contribution in [3.05, 3.63) is 66.8 Å². The molecule has 42 heavy (non-hydrogen) atoms. The van der Waals surface area contributed by atoms with Crippen LogP contribution in [0.1, 0.15) is 70.1 Å². The zero-order chi connectivity index (χ0) is 30.5. The Morgan fingerprint density at radius 1 is 1.12 bits per heavy atom. The number of rotatable bonds is 16. The van der Waals surface area contributed by atoms with Crippen molar-refractivity contribution in [3.8, 4) is 0 Å². The second kappa shape index (κ2) is 16.7. The summed E-state index contributed by atoms with van der Waals surface area (Å²) in [6.07, 6.45) is 7.01. The van der Waals surface area contributed by atoms with Gasteiger partial charge in [0.1, 0.15) is 0 Å². The van der Waals surface area contributed by atoms with Crippen LogP contribution in [0.15, 0.2) is 55.5 Å². The number of hydrogen-bond acceptors (Lipinski definition) is 7. The van der Waals surface area contributed by atoms with Gasteiger partial charge in [0.05, 0.1) is 24.2 Å². The SMILES string of the molecule is C=C[C@@H](C[C@H](O)[C@H](CC1CCCCC1)NC(=O)[C@H](Cc1c[nH]cn1)OC(=O)[C@H](Cc1ccccc1)OC(N)=O)C(C)C. The van der Waals surface area contributed by atoms with Gasteiger partial charge in [-0.15, -0.1) is 6.58 Å². The normalized spacial score (nSPS) is 17.4. The minimum absolute atomic E-state index is 0.0107. The van der Waals surface area contributed by atoms with Crippen molar-refractivity contribution in [1.29, 1.82) is 0 Å². The number of amides is 2. The summed E-state index contributed by atoms with van der Waals surface area (Å²) in [7, 11) is 0. The zero-order valence-corrected chi connectivity index (χ0v) is 24.7. The summed E-state index contributed by atoms with van der Waals surface area (Å²) in [6.45, 7) is 8.08. The number of aliphatic hydroxyl groups excluding tert-OH is 1. The van der Waals surface area contributed by atoms with Crippen LogP contribution in [-0.2, 0) is 31.9 Å². The maximum atomic E-state index is 13.8. The molecule has 1 aliphatic rings. The molecule has 2 aromatic rings. The number of nitrogens with one attached hydrogen (secondary N) is 2. The summed E-state index contributed by atoms with van der Waals surface area (Å²) in [6, 6.07) is 8.44. The van der Waals surface area contributed by atoms with E-state index in [0.717, 1.165) is 31.2 Å². The van der Waals surface area contributed by atoms with Crippen molar-refractivity contribution in [2.75, 3.05) is 0 Å². The van der Waals surface area contributed by atoms with Crippen molar-refractivity contribution in [3.63, 3.8) is 0 Å². The molecule has 0 spiro atoms. The molecule has 1 fully saturated rings. The zero-order valence-electron chi connectivity index (χ0n) is 24.7. The van der Waals surface area contributed by atoms with E-state index in [-0.39, 0.29) is 24.7 Å². The third-order valence-corrected chi connectivity index (χ3v) is 8.06. The highest BCUT2D eigenvalue weighted by Gasteiger charge is 2.34. The molecule has 0 saturated heterocycles. The smallest absolute Gasteiger partial charge is 0.405 e. The quantitative estimate of drug-likeness (QED) is 0.170. The summed E-state index contributed by atoms with van der Waals surface area (Å²) in [4.78, 5) is 45.7. The van der Waals surface area contributed by atoms with E-state index >= 15 is 0 Å². The maximum Gasteiger partial charge on any atom is 0.405 e. The predicted molar refractivity (Wildman–Crippen MR) is 159 cm³/mol. The van der Waals surface area contributed by atoms with E-state index in [1.54, 1.807) is 30.5 Å². The Morgan fingerprint density at radius 3 is 2.43 bits per heavy atom. The lowest BCUT2D eigenvalue weighted by Crippen LogP contribution is -2.51. The van der Waals surface area contributed by atoms with Gasteiger partial charge in [-0.05, 0) is 36.2 Å². The number of primary amides is 1. The number of aromatic amines is 1. The Bertz CT molecular complexity index is 1120. The number of benzene rings is 1. The highest BCUT2D eigenvalue weighted by atomic mass is 16.6. The molecule has 1 heterocycles. The number of nitrogens with two attached hydrogens (primary N) is 1. The van der Waals surface area contributed by atoms with Gasteiger partial charge in [0, 0.05) is 19.0 Å².